The molecule has 0 saturated heterocycles. The van der Waals surface area contributed by atoms with Gasteiger partial charge in [0.15, 0.2) is 0 Å². The third kappa shape index (κ3) is 4.72. The van der Waals surface area contributed by atoms with Gasteiger partial charge >= 0.3 is 29.6 Å². The number of hydrogen-bond donors (Lipinski definition) is 0. The second-order valence-electron chi connectivity index (χ2n) is 5.71. The Labute approximate surface area is 176 Å². The zero-order valence-electron chi connectivity index (χ0n) is 14.7. The summed E-state index contributed by atoms with van der Waals surface area (Å²) in [5.41, 5.74) is 5.10. The smallest absolute Gasteiger partial charge is 0.744 e. The minimum absolute atomic E-state index is 0. The molecule has 0 fully saturated rings. The Balaban J connectivity index is 0.00000243. The van der Waals surface area contributed by atoms with Gasteiger partial charge in [-0.2, -0.15) is 0 Å². The van der Waals surface area contributed by atoms with Crippen LogP contribution in [0.1, 0.15) is 23.6 Å². The molecule has 0 amide bonds. The predicted octanol–water partition coefficient (Wildman–Crippen LogP) is 1.57. The Morgan fingerprint density at radius 3 is 1.50 bits per heavy atom. The van der Waals surface area contributed by atoms with Gasteiger partial charge in [-0.3, -0.25) is 0 Å². The van der Waals surface area contributed by atoms with Gasteiger partial charge in [0.05, 0.1) is 4.90 Å². The van der Waals surface area contributed by atoms with Gasteiger partial charge in [0, 0.05) is 0 Å². The van der Waals surface area contributed by atoms with E-state index in [0.29, 0.717) is 0 Å². The summed E-state index contributed by atoms with van der Waals surface area (Å²) in [5, 5.41) is 0. The van der Waals surface area contributed by atoms with Crippen molar-refractivity contribution in [2.24, 2.45) is 0 Å². The van der Waals surface area contributed by atoms with Crippen LogP contribution in [0.2, 0.25) is 0 Å². The van der Waals surface area contributed by atoms with Gasteiger partial charge < -0.3 is 4.55 Å². The van der Waals surface area contributed by atoms with Gasteiger partial charge in [0.25, 0.3) is 0 Å². The van der Waals surface area contributed by atoms with Gasteiger partial charge in [0.1, 0.15) is 10.1 Å². The van der Waals surface area contributed by atoms with Crippen LogP contribution in [-0.2, 0) is 10.1 Å². The molecule has 0 aliphatic carbocycles. The molecule has 0 atom stereocenters. The Morgan fingerprint density at radius 2 is 1.12 bits per heavy atom. The maximum Gasteiger partial charge on any atom is 1.00 e. The average molecular weight is 372 g/mol. The maximum atomic E-state index is 11.1. The topological polar surface area (TPSA) is 57.2 Å². The van der Waals surface area contributed by atoms with E-state index < -0.39 is 10.1 Å². The molecule has 3 rings (SSSR count). The summed E-state index contributed by atoms with van der Waals surface area (Å²) in [7, 11) is -4.44. The van der Waals surface area contributed by atoms with E-state index in [-0.39, 0.29) is 34.5 Å². The SMILES string of the molecule is CC(=C(c1ccccc1)c1ccccc1)c1ccc(S(=O)(=O)[O-])cc1.[Na+]. The zero-order chi connectivity index (χ0) is 17.9. The standard InChI is InChI=1S/C21H18O3S.Na/c1-16(17-12-14-20(15-13-17)25(22,23)24)21(18-8-4-2-5-9-18)19-10-6-3-7-11-19;/h2-15H,1H3,(H,22,23,24);/q;+1/p-1. The molecule has 0 N–H and O–H groups in total. The molecule has 0 aromatic heterocycles. The van der Waals surface area contributed by atoms with Crippen molar-refractivity contribution in [3.63, 3.8) is 0 Å². The van der Waals surface area contributed by atoms with E-state index in [1.165, 1.54) is 12.1 Å². The van der Waals surface area contributed by atoms with Crippen LogP contribution in [0.25, 0.3) is 11.1 Å². The quantitative estimate of drug-likeness (QED) is 0.397. The fraction of sp³-hybridized carbons (Fsp3) is 0.0476. The number of benzene rings is 3. The van der Waals surface area contributed by atoms with Crippen LogP contribution in [0.3, 0.4) is 0 Å². The molecule has 3 aromatic carbocycles. The molecular weight excluding hydrogens is 355 g/mol. The second kappa shape index (κ2) is 8.80. The molecule has 0 saturated carbocycles. The van der Waals surface area contributed by atoms with Gasteiger partial charge in [-0.15, -0.1) is 0 Å². The van der Waals surface area contributed by atoms with Crippen LogP contribution in [-0.4, -0.2) is 13.0 Å². The first-order valence-corrected chi connectivity index (χ1v) is 9.26. The summed E-state index contributed by atoms with van der Waals surface area (Å²) in [4.78, 5) is -0.218. The summed E-state index contributed by atoms with van der Waals surface area (Å²) in [5.74, 6) is 0. The first kappa shape index (κ1) is 20.6. The summed E-state index contributed by atoms with van der Waals surface area (Å²) in [6, 6.07) is 26.1. The molecule has 0 bridgehead atoms. The van der Waals surface area contributed by atoms with E-state index in [0.717, 1.165) is 27.8 Å². The molecule has 26 heavy (non-hydrogen) atoms. The van der Waals surface area contributed by atoms with Crippen LogP contribution < -0.4 is 29.6 Å². The van der Waals surface area contributed by atoms with Gasteiger partial charge in [-0.05, 0) is 46.9 Å². The van der Waals surface area contributed by atoms with E-state index in [1.54, 1.807) is 12.1 Å². The molecule has 0 unspecified atom stereocenters. The predicted molar refractivity (Wildman–Crippen MR) is 98.9 cm³/mol. The number of allylic oxidation sites excluding steroid dienone is 1. The van der Waals surface area contributed by atoms with Gasteiger partial charge in [-0.25, -0.2) is 8.42 Å². The van der Waals surface area contributed by atoms with E-state index >= 15 is 0 Å². The zero-order valence-corrected chi connectivity index (χ0v) is 17.5. The van der Waals surface area contributed by atoms with E-state index in [9.17, 15) is 13.0 Å². The van der Waals surface area contributed by atoms with Crippen molar-refractivity contribution in [3.8, 4) is 0 Å². The molecule has 0 heterocycles. The molecule has 3 aromatic rings. The Bertz CT molecular complexity index is 953. The third-order valence-corrected chi connectivity index (χ3v) is 4.93. The van der Waals surface area contributed by atoms with E-state index in [2.05, 4.69) is 0 Å². The number of rotatable bonds is 4. The molecular formula is C21H17NaO3S. The number of hydrogen-bond acceptors (Lipinski definition) is 3. The van der Waals surface area contributed by atoms with Gasteiger partial charge in [0.2, 0.25) is 0 Å². The summed E-state index contributed by atoms with van der Waals surface area (Å²) >= 11 is 0. The van der Waals surface area contributed by atoms with Crippen molar-refractivity contribution < 1.29 is 42.5 Å². The van der Waals surface area contributed by atoms with Crippen molar-refractivity contribution in [3.05, 3.63) is 102 Å². The van der Waals surface area contributed by atoms with Crippen molar-refractivity contribution >= 4 is 21.3 Å². The summed E-state index contributed by atoms with van der Waals surface area (Å²) < 4.78 is 33.4. The average Bonchev–Trinajstić information content (AvgIpc) is 2.63. The fourth-order valence-electron chi connectivity index (χ4n) is 2.83. The molecule has 0 radical (unpaired) electrons. The largest absolute Gasteiger partial charge is 1.00 e. The van der Waals surface area contributed by atoms with Crippen LogP contribution in [0.15, 0.2) is 89.8 Å². The minimum Gasteiger partial charge on any atom is -0.744 e. The fourth-order valence-corrected chi connectivity index (χ4v) is 3.29. The molecule has 5 heteroatoms. The second-order valence-corrected chi connectivity index (χ2v) is 7.09. The first-order valence-electron chi connectivity index (χ1n) is 7.85. The molecule has 0 aliphatic heterocycles. The van der Waals surface area contributed by atoms with Crippen LogP contribution in [0.5, 0.6) is 0 Å². The monoisotopic (exact) mass is 372 g/mol. The van der Waals surface area contributed by atoms with Crippen molar-refractivity contribution in [2.45, 2.75) is 11.8 Å². The van der Waals surface area contributed by atoms with E-state index in [4.69, 9.17) is 0 Å². The molecule has 0 spiro atoms. The molecule has 3 nitrogen and oxygen atoms in total. The minimum atomic E-state index is -4.44. The Kier molecular flexibility index (Phi) is 6.98. The maximum absolute atomic E-state index is 11.1. The van der Waals surface area contributed by atoms with Crippen LogP contribution >= 0.6 is 0 Å². The summed E-state index contributed by atoms with van der Waals surface area (Å²) in [6.45, 7) is 2.00. The summed E-state index contributed by atoms with van der Waals surface area (Å²) in [6.07, 6.45) is 0. The van der Waals surface area contributed by atoms with Gasteiger partial charge in [-0.1, -0.05) is 72.8 Å². The Hall–Kier alpha value is -1.69. The third-order valence-electron chi connectivity index (χ3n) is 4.08. The molecule has 0 aliphatic rings. The normalized spacial score (nSPS) is 10.7. The van der Waals surface area contributed by atoms with Crippen molar-refractivity contribution in [2.75, 3.05) is 0 Å². The molecule has 126 valence electrons. The van der Waals surface area contributed by atoms with E-state index in [1.807, 2.05) is 67.6 Å². The first-order chi connectivity index (χ1) is 12.0. The van der Waals surface area contributed by atoms with Crippen molar-refractivity contribution in [1.29, 1.82) is 0 Å². The Morgan fingerprint density at radius 1 is 0.692 bits per heavy atom. The van der Waals surface area contributed by atoms with Crippen LogP contribution in [0.4, 0.5) is 0 Å². The van der Waals surface area contributed by atoms with Crippen molar-refractivity contribution in [1.82, 2.24) is 0 Å². The van der Waals surface area contributed by atoms with Crippen LogP contribution in [0, 0.1) is 0 Å².